The van der Waals surface area contributed by atoms with E-state index in [1.54, 1.807) is 7.11 Å². The molecule has 174 valence electrons. The molecule has 6 nitrogen and oxygen atoms in total. The molecule has 2 aromatic rings. The Labute approximate surface area is 192 Å². The van der Waals surface area contributed by atoms with Gasteiger partial charge in [-0.2, -0.15) is 0 Å². The lowest BCUT2D eigenvalue weighted by molar-refractivity contribution is 0.0459. The van der Waals surface area contributed by atoms with Crippen LogP contribution in [0.15, 0.2) is 48.5 Å². The maximum absolute atomic E-state index is 12.3. The summed E-state index contributed by atoms with van der Waals surface area (Å²) in [5.74, 6) is 0.850. The van der Waals surface area contributed by atoms with E-state index in [4.69, 9.17) is 9.47 Å². The first-order valence-corrected chi connectivity index (χ1v) is 13.1. The van der Waals surface area contributed by atoms with Crippen molar-refractivity contribution in [1.29, 1.82) is 0 Å². The molecule has 2 aromatic carbocycles. The van der Waals surface area contributed by atoms with Crippen LogP contribution in [-0.2, 0) is 26.7 Å². The molecular formula is C25H34N2O4S. The number of piperidine rings is 1. The molecule has 0 aromatic heterocycles. The first kappa shape index (κ1) is 23.1. The van der Waals surface area contributed by atoms with Crippen molar-refractivity contribution in [3.05, 3.63) is 59.7 Å². The van der Waals surface area contributed by atoms with Crippen LogP contribution in [0.2, 0.25) is 0 Å². The van der Waals surface area contributed by atoms with Gasteiger partial charge < -0.3 is 9.47 Å². The molecule has 2 unspecified atom stereocenters. The van der Waals surface area contributed by atoms with Crippen molar-refractivity contribution < 1.29 is 17.9 Å². The highest BCUT2D eigenvalue weighted by Gasteiger charge is 2.43. The highest BCUT2D eigenvalue weighted by atomic mass is 32.2. The summed E-state index contributed by atoms with van der Waals surface area (Å²) in [6, 6.07) is 17.0. The number of rotatable bonds is 9. The maximum atomic E-state index is 12.3. The third kappa shape index (κ3) is 5.27. The molecule has 4 rings (SSSR count). The molecule has 2 atom stereocenters. The van der Waals surface area contributed by atoms with Crippen LogP contribution in [-0.4, -0.2) is 52.5 Å². The van der Waals surface area contributed by atoms with Gasteiger partial charge in [0.1, 0.15) is 5.75 Å². The number of ether oxygens (including phenoxy) is 2. The molecule has 0 amide bonds. The van der Waals surface area contributed by atoms with Crippen molar-refractivity contribution in [3.8, 4) is 5.75 Å². The number of sulfonamides is 1. The van der Waals surface area contributed by atoms with Crippen molar-refractivity contribution in [2.45, 2.75) is 50.1 Å². The smallest absolute Gasteiger partial charge is 0.234 e. The minimum atomic E-state index is -3.41. The number of nitrogens with one attached hydrogen (secondary N) is 1. The van der Waals surface area contributed by atoms with Gasteiger partial charge in [-0.05, 0) is 73.0 Å². The van der Waals surface area contributed by atoms with Crippen LogP contribution in [0.4, 0.5) is 5.69 Å². The highest BCUT2D eigenvalue weighted by molar-refractivity contribution is 7.92. The lowest BCUT2D eigenvalue weighted by Crippen LogP contribution is -2.51. The number of methoxy groups -OCH3 is 2. The van der Waals surface area contributed by atoms with Crippen LogP contribution in [0.5, 0.6) is 5.75 Å². The van der Waals surface area contributed by atoms with E-state index in [9.17, 15) is 8.42 Å². The highest BCUT2D eigenvalue weighted by Crippen LogP contribution is 2.47. The predicted molar refractivity (Wildman–Crippen MR) is 128 cm³/mol. The fourth-order valence-electron chi connectivity index (χ4n) is 5.33. The SMILES string of the molecule is COCCS(=O)(=O)Nc1cccc(C23CCCC(C2)N(Cc2ccc(OC)cc2)CC3)c1. The van der Waals surface area contributed by atoms with Crippen molar-refractivity contribution in [2.24, 2.45) is 0 Å². The van der Waals surface area contributed by atoms with Gasteiger partial charge in [0.15, 0.2) is 0 Å². The van der Waals surface area contributed by atoms with Crippen LogP contribution < -0.4 is 9.46 Å². The number of benzene rings is 2. The van der Waals surface area contributed by atoms with Crippen molar-refractivity contribution in [2.75, 3.05) is 37.8 Å². The fraction of sp³-hybridized carbons (Fsp3) is 0.520. The van der Waals surface area contributed by atoms with Crippen LogP contribution in [0.1, 0.15) is 43.2 Å². The molecule has 1 saturated heterocycles. The Morgan fingerprint density at radius 2 is 1.94 bits per heavy atom. The summed E-state index contributed by atoms with van der Waals surface area (Å²) in [6.07, 6.45) is 5.82. The Bertz CT molecular complexity index is 1010. The fourth-order valence-corrected chi connectivity index (χ4v) is 6.30. The molecule has 1 heterocycles. The van der Waals surface area contributed by atoms with E-state index in [0.717, 1.165) is 31.7 Å². The number of fused-ring (bicyclic) bond motifs is 2. The Hall–Kier alpha value is -2.09. The minimum absolute atomic E-state index is 0.0404. The molecule has 1 aliphatic carbocycles. The number of hydrogen-bond acceptors (Lipinski definition) is 5. The van der Waals surface area contributed by atoms with Gasteiger partial charge in [-0.3, -0.25) is 9.62 Å². The van der Waals surface area contributed by atoms with Gasteiger partial charge in [0.25, 0.3) is 0 Å². The summed E-state index contributed by atoms with van der Waals surface area (Å²) in [5.41, 5.74) is 3.36. The van der Waals surface area contributed by atoms with Gasteiger partial charge in [-0.1, -0.05) is 30.7 Å². The van der Waals surface area contributed by atoms with Crippen molar-refractivity contribution in [3.63, 3.8) is 0 Å². The molecule has 2 fully saturated rings. The summed E-state index contributed by atoms with van der Waals surface area (Å²) in [7, 11) is -0.203. The normalized spacial score (nSPS) is 23.6. The molecule has 2 bridgehead atoms. The summed E-state index contributed by atoms with van der Waals surface area (Å²) < 4.78 is 37.6. The molecular weight excluding hydrogens is 424 g/mol. The lowest BCUT2D eigenvalue weighted by atomic mass is 9.63. The Balaban J connectivity index is 1.47. The Morgan fingerprint density at radius 1 is 1.12 bits per heavy atom. The largest absolute Gasteiger partial charge is 0.497 e. The quantitative estimate of drug-likeness (QED) is 0.611. The molecule has 32 heavy (non-hydrogen) atoms. The lowest BCUT2D eigenvalue weighted by Gasteiger charge is -2.51. The monoisotopic (exact) mass is 458 g/mol. The van der Waals surface area contributed by atoms with E-state index in [2.05, 4.69) is 27.8 Å². The summed E-state index contributed by atoms with van der Waals surface area (Å²) >= 11 is 0. The van der Waals surface area contributed by atoms with Crippen LogP contribution >= 0.6 is 0 Å². The Kier molecular flexibility index (Phi) is 7.08. The first-order valence-electron chi connectivity index (χ1n) is 11.4. The zero-order valence-corrected chi connectivity index (χ0v) is 19.9. The zero-order valence-electron chi connectivity index (χ0n) is 19.0. The number of nitrogens with zero attached hydrogens (tertiary/aromatic N) is 1. The van der Waals surface area contributed by atoms with E-state index in [1.165, 1.54) is 37.5 Å². The van der Waals surface area contributed by atoms with Gasteiger partial charge in [0, 0.05) is 25.4 Å². The molecule has 1 N–H and O–H groups in total. The summed E-state index contributed by atoms with van der Waals surface area (Å²) in [4.78, 5) is 2.62. The van der Waals surface area contributed by atoms with Gasteiger partial charge in [-0.15, -0.1) is 0 Å². The first-order chi connectivity index (χ1) is 15.4. The van der Waals surface area contributed by atoms with E-state index >= 15 is 0 Å². The second-order valence-corrected chi connectivity index (χ2v) is 10.9. The Morgan fingerprint density at radius 3 is 2.69 bits per heavy atom. The summed E-state index contributed by atoms with van der Waals surface area (Å²) in [6.45, 7) is 2.20. The molecule has 1 saturated carbocycles. The summed E-state index contributed by atoms with van der Waals surface area (Å²) in [5, 5.41) is 0. The third-order valence-electron chi connectivity index (χ3n) is 7.06. The molecule has 1 aliphatic heterocycles. The van der Waals surface area contributed by atoms with E-state index in [-0.39, 0.29) is 17.8 Å². The van der Waals surface area contributed by atoms with Crippen LogP contribution in [0.25, 0.3) is 0 Å². The van der Waals surface area contributed by atoms with Gasteiger partial charge in [-0.25, -0.2) is 8.42 Å². The molecule has 7 heteroatoms. The molecule has 2 aliphatic rings. The second-order valence-electron chi connectivity index (χ2n) is 9.09. The maximum Gasteiger partial charge on any atom is 0.234 e. The number of likely N-dealkylation sites (tertiary alicyclic amines) is 1. The van der Waals surface area contributed by atoms with Crippen LogP contribution in [0.3, 0.4) is 0 Å². The average Bonchev–Trinajstić information content (AvgIpc) is 2.80. The molecule has 0 spiro atoms. The van der Waals surface area contributed by atoms with Gasteiger partial charge in [0.05, 0.1) is 19.5 Å². The predicted octanol–water partition coefficient (Wildman–Crippen LogP) is 4.17. The van der Waals surface area contributed by atoms with E-state index in [0.29, 0.717) is 11.7 Å². The minimum Gasteiger partial charge on any atom is -0.497 e. The van der Waals surface area contributed by atoms with Gasteiger partial charge in [0.2, 0.25) is 10.0 Å². The topological polar surface area (TPSA) is 67.9 Å². The van der Waals surface area contributed by atoms with E-state index < -0.39 is 10.0 Å². The van der Waals surface area contributed by atoms with Gasteiger partial charge >= 0.3 is 0 Å². The average molecular weight is 459 g/mol. The third-order valence-corrected chi connectivity index (χ3v) is 8.31. The number of anilines is 1. The second kappa shape index (κ2) is 9.81. The van der Waals surface area contributed by atoms with Crippen molar-refractivity contribution in [1.82, 2.24) is 4.90 Å². The number of hydrogen-bond donors (Lipinski definition) is 1. The van der Waals surface area contributed by atoms with E-state index in [1.807, 2.05) is 30.3 Å². The standard InChI is InChI=1S/C25H34N2O4S/c1-30-15-16-32(28,29)26-22-6-3-5-21(17-22)25-12-4-7-23(18-25)27(14-13-25)19-20-8-10-24(31-2)11-9-20/h3,5-6,8-11,17,23,26H,4,7,12-16,18-19H2,1-2H3. The zero-order chi connectivity index (χ0) is 22.6. The van der Waals surface area contributed by atoms with Crippen LogP contribution in [0, 0.1) is 0 Å². The van der Waals surface area contributed by atoms with Crippen molar-refractivity contribution >= 4 is 15.7 Å². The molecule has 0 radical (unpaired) electrons.